The van der Waals surface area contributed by atoms with E-state index < -0.39 is 0 Å². The van der Waals surface area contributed by atoms with Crippen molar-refractivity contribution >= 4 is 66.4 Å². The zero-order valence-corrected chi connectivity index (χ0v) is 27.4. The van der Waals surface area contributed by atoms with Crippen LogP contribution in [0.25, 0.3) is 32.3 Å². The molecule has 0 heterocycles. The summed E-state index contributed by atoms with van der Waals surface area (Å²) in [6.07, 6.45) is 0. The Bertz CT molecular complexity index is 2160. The maximum atomic E-state index is 16.6. The van der Waals surface area contributed by atoms with Gasteiger partial charge in [0.2, 0.25) is 0 Å². The molecule has 0 spiro atoms. The number of hydrogen-bond donors (Lipinski definition) is 0. The van der Waals surface area contributed by atoms with E-state index in [1.54, 1.807) is 12.1 Å². The van der Waals surface area contributed by atoms with Crippen molar-refractivity contribution in [3.63, 3.8) is 0 Å². The summed E-state index contributed by atoms with van der Waals surface area (Å²) in [5.41, 5.74) is 8.85. The van der Waals surface area contributed by atoms with E-state index in [0.29, 0.717) is 11.4 Å². The number of benzene rings is 8. The van der Waals surface area contributed by atoms with Crippen LogP contribution in [0.4, 0.5) is 42.9 Å². The van der Waals surface area contributed by atoms with Gasteiger partial charge in [0.25, 0.3) is 0 Å². The van der Waals surface area contributed by atoms with Crippen LogP contribution in [0, 0.1) is 39.3 Å². The molecule has 48 heavy (non-hydrogen) atoms. The molecule has 0 atom stereocenters. The van der Waals surface area contributed by atoms with Gasteiger partial charge in [-0.05, 0) is 110 Å². The lowest BCUT2D eigenvalue weighted by molar-refractivity contribution is 0.631. The summed E-state index contributed by atoms with van der Waals surface area (Å²) in [6, 6.07) is 43.6. The Morgan fingerprint density at radius 1 is 0.354 bits per heavy atom. The summed E-state index contributed by atoms with van der Waals surface area (Å²) in [5, 5.41) is 4.87. The van der Waals surface area contributed by atoms with Crippen molar-refractivity contribution in [3.05, 3.63) is 167 Å². The van der Waals surface area contributed by atoms with E-state index in [1.165, 1.54) is 0 Å². The van der Waals surface area contributed by atoms with Crippen LogP contribution >= 0.6 is 0 Å². The van der Waals surface area contributed by atoms with Gasteiger partial charge < -0.3 is 9.80 Å². The highest BCUT2D eigenvalue weighted by molar-refractivity contribution is 6.28. The summed E-state index contributed by atoms with van der Waals surface area (Å²) in [6.45, 7) is 8.18. The molecule has 0 aliphatic heterocycles. The Balaban J connectivity index is 1.45. The van der Waals surface area contributed by atoms with Crippen LogP contribution in [0.5, 0.6) is 0 Å². The molecule has 0 aliphatic carbocycles. The van der Waals surface area contributed by atoms with Crippen molar-refractivity contribution in [1.29, 1.82) is 0 Å². The fourth-order valence-electron chi connectivity index (χ4n) is 6.90. The van der Waals surface area contributed by atoms with E-state index in [0.717, 1.165) is 77.3 Å². The minimum atomic E-state index is -0.325. The van der Waals surface area contributed by atoms with Gasteiger partial charge in [0.1, 0.15) is 11.6 Å². The van der Waals surface area contributed by atoms with Gasteiger partial charge in [-0.1, -0.05) is 95.1 Å². The molecule has 0 amide bonds. The van der Waals surface area contributed by atoms with Crippen molar-refractivity contribution in [1.82, 2.24) is 0 Å². The maximum Gasteiger partial charge on any atom is 0.148 e. The van der Waals surface area contributed by atoms with E-state index in [2.05, 4.69) is 0 Å². The average molecular weight is 629 g/mol. The van der Waals surface area contributed by atoms with Crippen molar-refractivity contribution in [2.75, 3.05) is 9.80 Å². The third-order valence-electron chi connectivity index (χ3n) is 9.37. The van der Waals surface area contributed by atoms with Gasteiger partial charge in [-0.15, -0.1) is 0 Å². The molecule has 0 bridgehead atoms. The van der Waals surface area contributed by atoms with Crippen molar-refractivity contribution in [2.24, 2.45) is 0 Å². The zero-order chi connectivity index (χ0) is 33.1. The first kappa shape index (κ1) is 29.6. The van der Waals surface area contributed by atoms with Gasteiger partial charge in [0, 0.05) is 33.5 Å². The predicted molar refractivity (Wildman–Crippen MR) is 198 cm³/mol. The molecule has 0 unspecified atom stereocenters. The normalized spacial score (nSPS) is 11.5. The highest BCUT2D eigenvalue weighted by Crippen LogP contribution is 2.49. The van der Waals surface area contributed by atoms with E-state index in [4.69, 9.17) is 0 Å². The molecule has 0 saturated heterocycles. The van der Waals surface area contributed by atoms with Crippen molar-refractivity contribution in [2.45, 2.75) is 27.7 Å². The number of aryl methyl sites for hydroxylation is 4. The molecule has 8 aromatic rings. The summed E-state index contributed by atoms with van der Waals surface area (Å²) in [5.74, 6) is -0.649. The first-order chi connectivity index (χ1) is 23.3. The standard InChI is InChI=1S/C44H34F2N2/c1-27-5-15-33(16-6-27)47(34-17-7-28(2)8-18-34)43-37-23-24-38-42-32(14-13-31(41(37)42)25-39(43)45)26-40(46)44(38)48(35-19-9-29(3)10-20-35)36-21-11-30(4)12-22-36/h5-26H,1-4H3. The number of anilines is 6. The van der Waals surface area contributed by atoms with Crippen LogP contribution in [0.1, 0.15) is 22.3 Å². The summed E-state index contributed by atoms with van der Waals surface area (Å²) >= 11 is 0. The SMILES string of the molecule is Cc1ccc(N(c2ccc(C)cc2)c2c(F)cc3ccc4cc(F)c(N(c5ccc(C)cc5)c5ccc(C)cc5)c5ccc2c3c45)cc1. The van der Waals surface area contributed by atoms with Gasteiger partial charge in [-0.3, -0.25) is 0 Å². The molecule has 4 heteroatoms. The zero-order valence-electron chi connectivity index (χ0n) is 27.4. The molecular weight excluding hydrogens is 594 g/mol. The van der Waals surface area contributed by atoms with Crippen LogP contribution in [0.3, 0.4) is 0 Å². The molecule has 2 nitrogen and oxygen atoms in total. The summed E-state index contributed by atoms with van der Waals surface area (Å²) in [7, 11) is 0. The average Bonchev–Trinajstić information content (AvgIpc) is 3.08. The minimum Gasteiger partial charge on any atom is -0.307 e. The lowest BCUT2D eigenvalue weighted by Crippen LogP contribution is -2.14. The Labute approximate surface area is 279 Å². The Hall–Kier alpha value is -5.74. The molecule has 8 rings (SSSR count). The Kier molecular flexibility index (Phi) is 7.10. The first-order valence-electron chi connectivity index (χ1n) is 16.2. The van der Waals surface area contributed by atoms with E-state index >= 15 is 8.78 Å². The van der Waals surface area contributed by atoms with Crippen LogP contribution in [0.2, 0.25) is 0 Å². The van der Waals surface area contributed by atoms with Gasteiger partial charge in [-0.25, -0.2) is 8.78 Å². The quantitative estimate of drug-likeness (QED) is 0.169. The number of halogens is 2. The lowest BCUT2D eigenvalue weighted by Gasteiger charge is -2.30. The van der Waals surface area contributed by atoms with E-state index in [-0.39, 0.29) is 11.6 Å². The monoisotopic (exact) mass is 628 g/mol. The largest absolute Gasteiger partial charge is 0.307 e. The second kappa shape index (κ2) is 11.5. The molecule has 0 N–H and O–H groups in total. The van der Waals surface area contributed by atoms with Gasteiger partial charge in [0.15, 0.2) is 0 Å². The molecule has 0 fully saturated rings. The van der Waals surface area contributed by atoms with Crippen LogP contribution < -0.4 is 9.80 Å². The minimum absolute atomic E-state index is 0.325. The number of nitrogens with zero attached hydrogens (tertiary/aromatic N) is 2. The first-order valence-corrected chi connectivity index (χ1v) is 16.2. The van der Waals surface area contributed by atoms with Gasteiger partial charge >= 0.3 is 0 Å². The Morgan fingerprint density at radius 3 is 0.896 bits per heavy atom. The van der Waals surface area contributed by atoms with Crippen LogP contribution in [-0.4, -0.2) is 0 Å². The molecule has 8 aromatic carbocycles. The summed E-state index contributed by atoms with van der Waals surface area (Å²) in [4.78, 5) is 3.99. The second-order valence-corrected chi connectivity index (χ2v) is 12.8. The second-order valence-electron chi connectivity index (χ2n) is 12.8. The molecular formula is C44H34F2N2. The molecule has 0 saturated carbocycles. The van der Waals surface area contributed by atoms with Crippen LogP contribution in [-0.2, 0) is 0 Å². The smallest absolute Gasteiger partial charge is 0.148 e. The highest BCUT2D eigenvalue weighted by atomic mass is 19.1. The molecule has 0 aliphatic rings. The van der Waals surface area contributed by atoms with Gasteiger partial charge in [-0.2, -0.15) is 0 Å². The van der Waals surface area contributed by atoms with E-state index in [1.807, 2.05) is 159 Å². The number of hydrogen-bond acceptors (Lipinski definition) is 2. The van der Waals surface area contributed by atoms with Crippen LogP contribution in [0.15, 0.2) is 133 Å². The van der Waals surface area contributed by atoms with E-state index in [9.17, 15) is 0 Å². The van der Waals surface area contributed by atoms with Crippen molar-refractivity contribution < 1.29 is 8.78 Å². The molecule has 0 radical (unpaired) electrons. The third-order valence-corrected chi connectivity index (χ3v) is 9.37. The third kappa shape index (κ3) is 4.92. The fourth-order valence-corrected chi connectivity index (χ4v) is 6.90. The predicted octanol–water partition coefficient (Wildman–Crippen LogP) is 13.0. The van der Waals surface area contributed by atoms with Crippen molar-refractivity contribution in [3.8, 4) is 0 Å². The molecule has 0 aromatic heterocycles. The van der Waals surface area contributed by atoms with Gasteiger partial charge in [0.05, 0.1) is 11.4 Å². The lowest BCUT2D eigenvalue weighted by atomic mass is 9.91. The number of rotatable bonds is 6. The highest BCUT2D eigenvalue weighted by Gasteiger charge is 2.26. The summed E-state index contributed by atoms with van der Waals surface area (Å²) < 4.78 is 33.2. The Morgan fingerprint density at radius 2 is 0.625 bits per heavy atom. The maximum absolute atomic E-state index is 16.6. The fraction of sp³-hybridized carbons (Fsp3) is 0.0909. The topological polar surface area (TPSA) is 6.48 Å². The molecule has 234 valence electrons.